The number of halogens is 2. The average molecular weight is 559 g/mol. The highest BCUT2D eigenvalue weighted by molar-refractivity contribution is 9.11. The molecule has 0 saturated heterocycles. The monoisotopic (exact) mass is 557 g/mol. The first-order chi connectivity index (χ1) is 13.8. The molecule has 29 heavy (non-hydrogen) atoms. The van der Waals surface area contributed by atoms with Crippen LogP contribution < -0.4 is 10.1 Å². The van der Waals surface area contributed by atoms with E-state index in [0.717, 1.165) is 11.3 Å². The van der Waals surface area contributed by atoms with Crippen LogP contribution in [0.25, 0.3) is 0 Å². The molecule has 0 spiro atoms. The van der Waals surface area contributed by atoms with Gasteiger partial charge in [0.15, 0.2) is 0 Å². The Bertz CT molecular complexity index is 1140. The second-order valence-electron chi connectivity index (χ2n) is 5.65. The molecule has 0 aliphatic heterocycles. The van der Waals surface area contributed by atoms with Crippen molar-refractivity contribution in [1.29, 1.82) is 0 Å². The minimum atomic E-state index is -3.64. The molecular formula is C18H13Br2N3O4S2. The van der Waals surface area contributed by atoms with Gasteiger partial charge in [-0.2, -0.15) is 5.10 Å². The van der Waals surface area contributed by atoms with Crippen LogP contribution >= 0.6 is 43.2 Å². The number of carbonyl (C=O) groups is 1. The van der Waals surface area contributed by atoms with E-state index in [0.29, 0.717) is 25.8 Å². The van der Waals surface area contributed by atoms with E-state index in [9.17, 15) is 18.3 Å². The maximum absolute atomic E-state index is 12.2. The third-order valence-electron chi connectivity index (χ3n) is 3.58. The standard InChI is InChI=1S/C18H13Br2N3O4S2/c19-14-8-11(9-15(20)17(14)24)10-21-22-18(25)12-3-5-13(6-4-12)23-29(26,27)16-2-1-7-28-16/h1-10,23-24H,(H,22,25)/b21-10+. The van der Waals surface area contributed by atoms with Gasteiger partial charge in [-0.15, -0.1) is 11.3 Å². The third kappa shape index (κ3) is 5.44. The van der Waals surface area contributed by atoms with Crippen molar-refractivity contribution in [3.05, 3.63) is 74.0 Å². The Labute approximate surface area is 187 Å². The summed E-state index contributed by atoms with van der Waals surface area (Å²) in [5.41, 5.74) is 3.70. The van der Waals surface area contributed by atoms with Gasteiger partial charge in [0.05, 0.1) is 15.2 Å². The normalized spacial score (nSPS) is 11.5. The predicted octanol–water partition coefficient (Wildman–Crippen LogP) is 4.54. The Hall–Kier alpha value is -2.21. The first-order valence-electron chi connectivity index (χ1n) is 7.94. The first-order valence-corrected chi connectivity index (χ1v) is 11.9. The molecule has 2 aromatic carbocycles. The number of nitrogens with zero attached hydrogens (tertiary/aromatic N) is 1. The number of rotatable bonds is 6. The van der Waals surface area contributed by atoms with Crippen LogP contribution in [0.2, 0.25) is 0 Å². The molecule has 0 unspecified atom stereocenters. The molecule has 0 saturated carbocycles. The molecule has 0 aliphatic carbocycles. The van der Waals surface area contributed by atoms with Crippen molar-refractivity contribution in [3.63, 3.8) is 0 Å². The van der Waals surface area contributed by atoms with Gasteiger partial charge in [-0.3, -0.25) is 9.52 Å². The van der Waals surface area contributed by atoms with Crippen LogP contribution in [0, 0.1) is 0 Å². The molecule has 1 heterocycles. The lowest BCUT2D eigenvalue weighted by atomic mass is 10.2. The molecule has 11 heteroatoms. The number of benzene rings is 2. The second kappa shape index (κ2) is 9.08. The summed E-state index contributed by atoms with van der Waals surface area (Å²) in [4.78, 5) is 12.2. The van der Waals surface area contributed by atoms with Crippen molar-refractivity contribution >= 4 is 71.0 Å². The molecular weight excluding hydrogens is 546 g/mol. The molecule has 0 fully saturated rings. The zero-order chi connectivity index (χ0) is 21.0. The van der Waals surface area contributed by atoms with Crippen LogP contribution in [0.1, 0.15) is 15.9 Å². The average Bonchev–Trinajstić information content (AvgIpc) is 3.22. The van der Waals surface area contributed by atoms with Gasteiger partial charge in [0.25, 0.3) is 15.9 Å². The number of phenols is 1. The number of anilines is 1. The molecule has 150 valence electrons. The van der Waals surface area contributed by atoms with Gasteiger partial charge in [0.2, 0.25) is 0 Å². The van der Waals surface area contributed by atoms with Gasteiger partial charge in [-0.05, 0) is 85.3 Å². The second-order valence-corrected chi connectivity index (χ2v) is 10.2. The Morgan fingerprint density at radius 2 is 1.76 bits per heavy atom. The third-order valence-corrected chi connectivity index (χ3v) is 7.57. The van der Waals surface area contributed by atoms with Crippen LogP contribution in [-0.4, -0.2) is 25.6 Å². The highest BCUT2D eigenvalue weighted by Crippen LogP contribution is 2.32. The summed E-state index contributed by atoms with van der Waals surface area (Å²) in [5.74, 6) is -0.383. The van der Waals surface area contributed by atoms with E-state index in [4.69, 9.17) is 0 Å². The molecule has 0 radical (unpaired) electrons. The van der Waals surface area contributed by atoms with Crippen molar-refractivity contribution in [1.82, 2.24) is 5.43 Å². The molecule has 3 aromatic rings. The lowest BCUT2D eigenvalue weighted by Crippen LogP contribution is -2.17. The summed E-state index contributed by atoms with van der Waals surface area (Å²) < 4.78 is 28.1. The van der Waals surface area contributed by atoms with Crippen molar-refractivity contribution < 1.29 is 18.3 Å². The van der Waals surface area contributed by atoms with Crippen molar-refractivity contribution in [2.75, 3.05) is 4.72 Å². The number of amides is 1. The minimum absolute atomic E-state index is 0.0703. The highest BCUT2D eigenvalue weighted by atomic mass is 79.9. The van der Waals surface area contributed by atoms with Crippen LogP contribution in [0.4, 0.5) is 5.69 Å². The molecule has 3 rings (SSSR count). The first kappa shape index (κ1) is 21.5. The smallest absolute Gasteiger partial charge is 0.271 e. The number of aromatic hydroxyl groups is 1. The van der Waals surface area contributed by atoms with Gasteiger partial charge in [0, 0.05) is 11.3 Å². The van der Waals surface area contributed by atoms with E-state index in [1.54, 1.807) is 23.6 Å². The summed E-state index contributed by atoms with van der Waals surface area (Å²) in [6, 6.07) is 12.4. The van der Waals surface area contributed by atoms with Crippen LogP contribution in [-0.2, 0) is 10.0 Å². The summed E-state index contributed by atoms with van der Waals surface area (Å²) in [6.07, 6.45) is 1.43. The van der Waals surface area contributed by atoms with Crippen LogP contribution in [0.15, 0.2) is 72.2 Å². The number of hydrazone groups is 1. The predicted molar refractivity (Wildman–Crippen MR) is 120 cm³/mol. The molecule has 7 nitrogen and oxygen atoms in total. The topological polar surface area (TPSA) is 108 Å². The van der Waals surface area contributed by atoms with Crippen molar-refractivity contribution in [3.8, 4) is 5.75 Å². The number of hydrogen-bond donors (Lipinski definition) is 3. The van der Waals surface area contributed by atoms with E-state index in [2.05, 4.69) is 47.1 Å². The lowest BCUT2D eigenvalue weighted by Gasteiger charge is -2.07. The van der Waals surface area contributed by atoms with Gasteiger partial charge < -0.3 is 5.11 Å². The molecule has 3 N–H and O–H groups in total. The van der Waals surface area contributed by atoms with Gasteiger partial charge in [-0.1, -0.05) is 6.07 Å². The molecule has 0 bridgehead atoms. The van der Waals surface area contributed by atoms with E-state index >= 15 is 0 Å². The fraction of sp³-hybridized carbons (Fsp3) is 0. The summed E-state index contributed by atoms with van der Waals surface area (Å²) >= 11 is 7.55. The van der Waals surface area contributed by atoms with E-state index < -0.39 is 15.9 Å². The number of carbonyl (C=O) groups excluding carboxylic acids is 1. The quantitative estimate of drug-likeness (QED) is 0.305. The SMILES string of the molecule is O=C(N/N=C/c1cc(Br)c(O)c(Br)c1)c1ccc(NS(=O)(=O)c2cccs2)cc1. The maximum atomic E-state index is 12.2. The Morgan fingerprint density at radius 1 is 1.10 bits per heavy atom. The Balaban J connectivity index is 1.63. The number of sulfonamides is 1. The van der Waals surface area contributed by atoms with Gasteiger partial charge in [0.1, 0.15) is 9.96 Å². The highest BCUT2D eigenvalue weighted by Gasteiger charge is 2.15. The maximum Gasteiger partial charge on any atom is 0.271 e. The van der Waals surface area contributed by atoms with Gasteiger partial charge in [-0.25, -0.2) is 13.8 Å². The fourth-order valence-corrected chi connectivity index (χ4v) is 5.47. The fourth-order valence-electron chi connectivity index (χ4n) is 2.20. The zero-order valence-electron chi connectivity index (χ0n) is 14.5. The Morgan fingerprint density at radius 3 is 2.34 bits per heavy atom. The molecule has 1 amide bonds. The minimum Gasteiger partial charge on any atom is -0.506 e. The number of hydrogen-bond acceptors (Lipinski definition) is 6. The van der Waals surface area contributed by atoms with E-state index in [-0.39, 0.29) is 9.96 Å². The summed E-state index contributed by atoms with van der Waals surface area (Å²) in [7, 11) is -3.64. The van der Waals surface area contributed by atoms with Crippen LogP contribution in [0.5, 0.6) is 5.75 Å². The summed E-state index contributed by atoms with van der Waals surface area (Å²) in [6.45, 7) is 0. The van der Waals surface area contributed by atoms with Crippen LogP contribution in [0.3, 0.4) is 0 Å². The number of phenolic OH excluding ortho intramolecular Hbond substituents is 1. The Kier molecular flexibility index (Phi) is 6.73. The molecule has 1 aromatic heterocycles. The zero-order valence-corrected chi connectivity index (χ0v) is 19.3. The largest absolute Gasteiger partial charge is 0.506 e. The molecule has 0 aliphatic rings. The number of thiophene rings is 1. The lowest BCUT2D eigenvalue weighted by molar-refractivity contribution is 0.0955. The number of nitrogens with one attached hydrogen (secondary N) is 2. The van der Waals surface area contributed by atoms with E-state index in [1.165, 1.54) is 36.5 Å². The summed E-state index contributed by atoms with van der Waals surface area (Å²) in [5, 5.41) is 15.3. The van der Waals surface area contributed by atoms with Crippen molar-refractivity contribution in [2.45, 2.75) is 4.21 Å². The van der Waals surface area contributed by atoms with E-state index in [1.807, 2.05) is 0 Å². The molecule has 0 atom stereocenters. The van der Waals surface area contributed by atoms with Gasteiger partial charge >= 0.3 is 0 Å². The van der Waals surface area contributed by atoms with Crippen molar-refractivity contribution in [2.24, 2.45) is 5.10 Å².